The first-order valence-corrected chi connectivity index (χ1v) is 4.84. The second kappa shape index (κ2) is 4.13. The molecule has 0 saturated heterocycles. The Labute approximate surface area is 96.3 Å². The van der Waals surface area contributed by atoms with E-state index in [1.807, 2.05) is 0 Å². The Morgan fingerprint density at radius 1 is 1.00 bits per heavy atom. The Morgan fingerprint density at radius 2 is 1.65 bits per heavy atom. The zero-order valence-corrected chi connectivity index (χ0v) is 8.68. The second-order valence-electron chi connectivity index (χ2n) is 3.44. The van der Waals surface area contributed by atoms with Gasteiger partial charge in [0.15, 0.2) is 0 Å². The third-order valence-electron chi connectivity index (χ3n) is 2.31. The highest BCUT2D eigenvalue weighted by Gasteiger charge is 2.16. The number of hydrogen-bond donors (Lipinski definition) is 3. The molecule has 86 valence electrons. The van der Waals surface area contributed by atoms with Gasteiger partial charge in [-0.25, -0.2) is 4.79 Å². The smallest absolute Gasteiger partial charge is 0.352 e. The third kappa shape index (κ3) is 2.03. The van der Waals surface area contributed by atoms with E-state index in [1.165, 1.54) is 24.3 Å². The van der Waals surface area contributed by atoms with E-state index < -0.39 is 11.8 Å². The van der Waals surface area contributed by atoms with Gasteiger partial charge < -0.3 is 15.2 Å². The number of aromatic carboxylic acids is 1. The number of H-pyrrole nitrogens is 1. The molecule has 0 fully saturated rings. The van der Waals surface area contributed by atoms with Gasteiger partial charge in [0, 0.05) is 0 Å². The number of nitrogens with one attached hydrogen (secondary N) is 1. The minimum Gasteiger partial charge on any atom is -0.507 e. The standard InChI is InChI=1S/C12H9NO4/c14-10-4-2-1-3-7(10)11(15)8-5-6-9(13-8)12(16)17/h1-6,13-14H,(H,16,17). The van der Waals surface area contributed by atoms with Crippen molar-refractivity contribution in [3.63, 3.8) is 0 Å². The van der Waals surface area contributed by atoms with Crippen LogP contribution in [0.5, 0.6) is 5.75 Å². The Balaban J connectivity index is 2.37. The lowest BCUT2D eigenvalue weighted by Crippen LogP contribution is -2.03. The summed E-state index contributed by atoms with van der Waals surface area (Å²) in [6.45, 7) is 0. The number of phenolic OH excluding ortho intramolecular Hbond substituents is 1. The lowest BCUT2D eigenvalue weighted by Gasteiger charge is -2.01. The summed E-state index contributed by atoms with van der Waals surface area (Å²) in [5.41, 5.74) is 0.193. The van der Waals surface area contributed by atoms with Crippen LogP contribution in [0, 0.1) is 0 Å². The Hall–Kier alpha value is -2.56. The van der Waals surface area contributed by atoms with Crippen LogP contribution >= 0.6 is 0 Å². The van der Waals surface area contributed by atoms with Gasteiger partial charge in [-0.2, -0.15) is 0 Å². The summed E-state index contributed by atoms with van der Waals surface area (Å²) in [7, 11) is 0. The second-order valence-corrected chi connectivity index (χ2v) is 3.44. The molecule has 0 amide bonds. The topological polar surface area (TPSA) is 90.4 Å². The van der Waals surface area contributed by atoms with Gasteiger partial charge in [-0.05, 0) is 24.3 Å². The summed E-state index contributed by atoms with van der Waals surface area (Å²) in [6, 6.07) is 8.76. The van der Waals surface area contributed by atoms with Crippen LogP contribution in [-0.2, 0) is 0 Å². The number of aromatic amines is 1. The average Bonchev–Trinajstić information content (AvgIpc) is 2.78. The first kappa shape index (κ1) is 10.9. The molecule has 5 heteroatoms. The molecular formula is C12H9NO4. The van der Waals surface area contributed by atoms with Crippen LogP contribution < -0.4 is 0 Å². The number of rotatable bonds is 3. The summed E-state index contributed by atoms with van der Waals surface area (Å²) >= 11 is 0. The molecular weight excluding hydrogens is 222 g/mol. The first-order valence-electron chi connectivity index (χ1n) is 4.84. The molecule has 2 rings (SSSR count). The van der Waals surface area contributed by atoms with E-state index in [2.05, 4.69) is 4.98 Å². The third-order valence-corrected chi connectivity index (χ3v) is 2.31. The van der Waals surface area contributed by atoms with E-state index in [9.17, 15) is 14.7 Å². The molecule has 2 aromatic rings. The number of para-hydroxylation sites is 1. The van der Waals surface area contributed by atoms with Crippen molar-refractivity contribution in [3.8, 4) is 5.75 Å². The van der Waals surface area contributed by atoms with E-state index >= 15 is 0 Å². The summed E-state index contributed by atoms with van der Waals surface area (Å²) in [5.74, 6) is -1.72. The minimum atomic E-state index is -1.14. The highest BCUT2D eigenvalue weighted by Crippen LogP contribution is 2.19. The van der Waals surface area contributed by atoms with Gasteiger partial charge in [0.2, 0.25) is 5.78 Å². The lowest BCUT2D eigenvalue weighted by atomic mass is 10.1. The van der Waals surface area contributed by atoms with Crippen LogP contribution in [0.2, 0.25) is 0 Å². The van der Waals surface area contributed by atoms with Crippen LogP contribution in [0.15, 0.2) is 36.4 Å². The van der Waals surface area contributed by atoms with Crippen molar-refractivity contribution in [3.05, 3.63) is 53.3 Å². The number of carboxylic acids is 1. The van der Waals surface area contributed by atoms with E-state index in [0.29, 0.717) is 0 Å². The molecule has 0 bridgehead atoms. The van der Waals surface area contributed by atoms with Crippen LogP contribution in [-0.4, -0.2) is 26.9 Å². The number of benzene rings is 1. The Kier molecular flexibility index (Phi) is 2.66. The zero-order valence-electron chi connectivity index (χ0n) is 8.68. The highest BCUT2D eigenvalue weighted by molar-refractivity contribution is 6.10. The number of aromatic nitrogens is 1. The van der Waals surface area contributed by atoms with Gasteiger partial charge in [0.05, 0.1) is 11.3 Å². The van der Waals surface area contributed by atoms with Crippen molar-refractivity contribution in [1.82, 2.24) is 4.98 Å². The summed E-state index contributed by atoms with van der Waals surface area (Å²) in [4.78, 5) is 25.0. The molecule has 0 radical (unpaired) electrons. The number of hydrogen-bond acceptors (Lipinski definition) is 3. The van der Waals surface area contributed by atoms with Crippen LogP contribution in [0.3, 0.4) is 0 Å². The maximum absolute atomic E-state index is 11.9. The van der Waals surface area contributed by atoms with Crippen molar-refractivity contribution in [2.24, 2.45) is 0 Å². The minimum absolute atomic E-state index is 0.0660. The normalized spacial score (nSPS) is 10.1. The largest absolute Gasteiger partial charge is 0.507 e. The van der Waals surface area contributed by atoms with Crippen LogP contribution in [0.1, 0.15) is 26.5 Å². The van der Waals surface area contributed by atoms with Gasteiger partial charge >= 0.3 is 5.97 Å². The molecule has 0 aliphatic heterocycles. The molecule has 0 saturated carbocycles. The molecule has 0 spiro atoms. The first-order chi connectivity index (χ1) is 8.09. The molecule has 1 heterocycles. The van der Waals surface area contributed by atoms with Gasteiger partial charge in [-0.3, -0.25) is 4.79 Å². The zero-order chi connectivity index (χ0) is 12.4. The molecule has 0 atom stereocenters. The van der Waals surface area contributed by atoms with E-state index in [4.69, 9.17) is 5.11 Å². The molecule has 5 nitrogen and oxygen atoms in total. The fourth-order valence-electron chi connectivity index (χ4n) is 1.46. The summed E-state index contributed by atoms with van der Waals surface area (Å²) < 4.78 is 0. The molecule has 0 aliphatic rings. The Bertz CT molecular complexity index is 586. The lowest BCUT2D eigenvalue weighted by molar-refractivity contribution is 0.0691. The number of carboxylic acid groups (broad SMARTS) is 1. The average molecular weight is 231 g/mol. The van der Waals surface area contributed by atoms with Crippen molar-refractivity contribution in [2.75, 3.05) is 0 Å². The highest BCUT2D eigenvalue weighted by atomic mass is 16.4. The fourth-order valence-corrected chi connectivity index (χ4v) is 1.46. The number of aromatic hydroxyl groups is 1. The maximum Gasteiger partial charge on any atom is 0.352 e. The van der Waals surface area contributed by atoms with Gasteiger partial charge in [-0.15, -0.1) is 0 Å². The predicted molar refractivity (Wildman–Crippen MR) is 59.3 cm³/mol. The molecule has 1 aromatic heterocycles. The van der Waals surface area contributed by atoms with Crippen LogP contribution in [0.25, 0.3) is 0 Å². The quantitative estimate of drug-likeness (QED) is 0.700. The van der Waals surface area contributed by atoms with Crippen molar-refractivity contribution < 1.29 is 19.8 Å². The van der Waals surface area contributed by atoms with Crippen molar-refractivity contribution in [1.29, 1.82) is 0 Å². The van der Waals surface area contributed by atoms with Gasteiger partial charge in [-0.1, -0.05) is 12.1 Å². The van der Waals surface area contributed by atoms with Crippen LogP contribution in [0.4, 0.5) is 0 Å². The molecule has 17 heavy (non-hydrogen) atoms. The number of ketones is 1. The molecule has 0 aliphatic carbocycles. The molecule has 0 unspecified atom stereocenters. The SMILES string of the molecule is O=C(O)c1ccc(C(=O)c2ccccc2O)[nH]1. The van der Waals surface area contributed by atoms with Crippen molar-refractivity contribution >= 4 is 11.8 Å². The van der Waals surface area contributed by atoms with Gasteiger partial charge in [0.1, 0.15) is 11.4 Å². The predicted octanol–water partition coefficient (Wildman–Crippen LogP) is 1.65. The van der Waals surface area contributed by atoms with E-state index in [0.717, 1.165) is 0 Å². The Morgan fingerprint density at radius 3 is 2.24 bits per heavy atom. The number of carbonyl (C=O) groups is 2. The summed E-state index contributed by atoms with van der Waals surface area (Å²) in [6.07, 6.45) is 0. The number of phenols is 1. The fraction of sp³-hybridized carbons (Fsp3) is 0. The summed E-state index contributed by atoms with van der Waals surface area (Å²) in [5, 5.41) is 18.2. The number of carbonyl (C=O) groups excluding carboxylic acids is 1. The maximum atomic E-state index is 11.9. The van der Waals surface area contributed by atoms with E-state index in [-0.39, 0.29) is 22.7 Å². The van der Waals surface area contributed by atoms with Gasteiger partial charge in [0.25, 0.3) is 0 Å². The monoisotopic (exact) mass is 231 g/mol. The molecule has 1 aromatic carbocycles. The van der Waals surface area contributed by atoms with E-state index in [1.54, 1.807) is 12.1 Å². The molecule has 3 N–H and O–H groups in total. The van der Waals surface area contributed by atoms with Crippen molar-refractivity contribution in [2.45, 2.75) is 0 Å².